The predicted octanol–water partition coefficient (Wildman–Crippen LogP) is 2.79. The quantitative estimate of drug-likeness (QED) is 0.404. The Hall–Kier alpha value is -1.02. The second kappa shape index (κ2) is 10.7. The van der Waals surface area contributed by atoms with Crippen LogP contribution in [-0.4, -0.2) is 38.9 Å². The van der Waals surface area contributed by atoms with E-state index in [1.807, 2.05) is 45.0 Å². The number of aliphatic imine (C=N–C) groups is 1. The van der Waals surface area contributed by atoms with Crippen LogP contribution >= 0.6 is 24.0 Å². The Labute approximate surface area is 150 Å². The summed E-state index contributed by atoms with van der Waals surface area (Å²) in [4.78, 5) is 4.57. The zero-order chi connectivity index (χ0) is 15.7. The minimum Gasteiger partial charge on any atom is -0.497 e. The fourth-order valence-corrected chi connectivity index (χ4v) is 1.61. The lowest BCUT2D eigenvalue weighted by molar-refractivity contribution is 0.0268. The second-order valence-electron chi connectivity index (χ2n) is 5.36. The Balaban J connectivity index is 0.00000441. The van der Waals surface area contributed by atoms with Crippen molar-refractivity contribution in [2.75, 3.05) is 27.3 Å². The van der Waals surface area contributed by atoms with Crippen LogP contribution in [0.4, 0.5) is 0 Å². The summed E-state index contributed by atoms with van der Waals surface area (Å²) >= 11 is 0. The van der Waals surface area contributed by atoms with E-state index < -0.39 is 0 Å². The topological polar surface area (TPSA) is 54.9 Å². The summed E-state index contributed by atoms with van der Waals surface area (Å²) in [7, 11) is 3.38. The summed E-state index contributed by atoms with van der Waals surface area (Å²) in [6.45, 7) is 8.25. The molecule has 0 atom stereocenters. The average molecular weight is 421 g/mol. The molecule has 0 spiro atoms. The number of rotatable bonds is 7. The molecule has 0 fully saturated rings. The standard InChI is InChI=1S/C16H27N3O2.HI/c1-6-17-15(19-12-16(2,3)21-5)18-11-13-7-9-14(20-4)10-8-13;/h7-10H,6,11-12H2,1-5H3,(H2,17,18,19);1H. The largest absolute Gasteiger partial charge is 0.497 e. The van der Waals surface area contributed by atoms with E-state index in [2.05, 4.69) is 15.6 Å². The Morgan fingerprint density at radius 3 is 2.27 bits per heavy atom. The first-order valence-electron chi connectivity index (χ1n) is 7.21. The number of methoxy groups -OCH3 is 2. The van der Waals surface area contributed by atoms with Crippen molar-refractivity contribution in [3.05, 3.63) is 29.8 Å². The number of halogens is 1. The van der Waals surface area contributed by atoms with Gasteiger partial charge in [-0.1, -0.05) is 12.1 Å². The zero-order valence-electron chi connectivity index (χ0n) is 14.1. The highest BCUT2D eigenvalue weighted by molar-refractivity contribution is 14.0. The van der Waals surface area contributed by atoms with Crippen LogP contribution in [0.25, 0.3) is 0 Å². The van der Waals surface area contributed by atoms with Gasteiger partial charge in [-0.2, -0.15) is 0 Å². The molecule has 0 aromatic heterocycles. The third kappa shape index (κ3) is 7.84. The molecular formula is C16H28IN3O2. The highest BCUT2D eigenvalue weighted by Crippen LogP contribution is 2.11. The van der Waals surface area contributed by atoms with Gasteiger partial charge in [0.1, 0.15) is 5.75 Å². The van der Waals surface area contributed by atoms with Gasteiger partial charge in [-0.25, -0.2) is 4.99 Å². The Bertz CT molecular complexity index is 447. The third-order valence-electron chi connectivity index (χ3n) is 3.16. The van der Waals surface area contributed by atoms with Crippen LogP contribution in [0.1, 0.15) is 26.3 Å². The summed E-state index contributed by atoms with van der Waals surface area (Å²) in [6, 6.07) is 7.93. The van der Waals surface area contributed by atoms with Gasteiger partial charge in [0.05, 0.1) is 19.3 Å². The van der Waals surface area contributed by atoms with E-state index in [1.54, 1.807) is 14.2 Å². The average Bonchev–Trinajstić information content (AvgIpc) is 2.50. The van der Waals surface area contributed by atoms with Crippen molar-refractivity contribution in [2.45, 2.75) is 32.9 Å². The SMILES string of the molecule is CCNC(=NCc1ccc(OC)cc1)NCC(C)(C)OC.I. The smallest absolute Gasteiger partial charge is 0.191 e. The van der Waals surface area contributed by atoms with Gasteiger partial charge >= 0.3 is 0 Å². The number of ether oxygens (including phenoxy) is 2. The third-order valence-corrected chi connectivity index (χ3v) is 3.16. The molecule has 126 valence electrons. The molecule has 0 radical (unpaired) electrons. The van der Waals surface area contributed by atoms with Crippen LogP contribution in [0, 0.1) is 0 Å². The molecule has 22 heavy (non-hydrogen) atoms. The molecule has 0 bridgehead atoms. The van der Waals surface area contributed by atoms with Crippen molar-refractivity contribution < 1.29 is 9.47 Å². The van der Waals surface area contributed by atoms with Crippen LogP contribution in [0.5, 0.6) is 5.75 Å². The van der Waals surface area contributed by atoms with Crippen molar-refractivity contribution >= 4 is 29.9 Å². The highest BCUT2D eigenvalue weighted by Gasteiger charge is 2.16. The number of hydrogen-bond acceptors (Lipinski definition) is 3. The summed E-state index contributed by atoms with van der Waals surface area (Å²) < 4.78 is 10.5. The molecule has 0 heterocycles. The molecule has 2 N–H and O–H groups in total. The summed E-state index contributed by atoms with van der Waals surface area (Å²) in [5.74, 6) is 1.65. The number of nitrogens with one attached hydrogen (secondary N) is 2. The molecule has 0 aliphatic carbocycles. The maximum absolute atomic E-state index is 5.40. The van der Waals surface area contributed by atoms with Gasteiger partial charge in [-0.15, -0.1) is 24.0 Å². The summed E-state index contributed by atoms with van der Waals surface area (Å²) in [6.07, 6.45) is 0. The molecule has 0 saturated carbocycles. The minimum atomic E-state index is -0.226. The predicted molar refractivity (Wildman–Crippen MR) is 102 cm³/mol. The molecule has 1 aromatic carbocycles. The lowest BCUT2D eigenvalue weighted by atomic mass is 10.1. The van der Waals surface area contributed by atoms with Crippen molar-refractivity contribution in [3.63, 3.8) is 0 Å². The van der Waals surface area contributed by atoms with Gasteiger partial charge < -0.3 is 20.1 Å². The molecule has 0 amide bonds. The van der Waals surface area contributed by atoms with E-state index in [4.69, 9.17) is 9.47 Å². The molecule has 0 unspecified atom stereocenters. The van der Waals surface area contributed by atoms with Crippen LogP contribution in [0.3, 0.4) is 0 Å². The van der Waals surface area contributed by atoms with Crippen molar-refractivity contribution in [2.24, 2.45) is 4.99 Å². The van der Waals surface area contributed by atoms with Gasteiger partial charge in [0.25, 0.3) is 0 Å². The Morgan fingerprint density at radius 1 is 1.14 bits per heavy atom. The van der Waals surface area contributed by atoms with Crippen LogP contribution in [-0.2, 0) is 11.3 Å². The van der Waals surface area contributed by atoms with Gasteiger partial charge in [-0.05, 0) is 38.5 Å². The summed E-state index contributed by atoms with van der Waals surface area (Å²) in [5.41, 5.74) is 0.912. The van der Waals surface area contributed by atoms with E-state index >= 15 is 0 Å². The van der Waals surface area contributed by atoms with Gasteiger partial charge in [0.15, 0.2) is 5.96 Å². The number of benzene rings is 1. The van der Waals surface area contributed by atoms with E-state index in [9.17, 15) is 0 Å². The van der Waals surface area contributed by atoms with Crippen LogP contribution in [0.15, 0.2) is 29.3 Å². The number of hydrogen-bond donors (Lipinski definition) is 2. The fourth-order valence-electron chi connectivity index (χ4n) is 1.61. The van der Waals surface area contributed by atoms with Crippen molar-refractivity contribution in [1.82, 2.24) is 10.6 Å². The van der Waals surface area contributed by atoms with E-state index in [0.29, 0.717) is 13.1 Å². The van der Waals surface area contributed by atoms with E-state index in [-0.39, 0.29) is 29.6 Å². The monoisotopic (exact) mass is 421 g/mol. The molecule has 1 rings (SSSR count). The lowest BCUT2D eigenvalue weighted by Crippen LogP contribution is -2.45. The number of guanidine groups is 1. The minimum absolute atomic E-state index is 0. The number of nitrogens with zero attached hydrogens (tertiary/aromatic N) is 1. The Morgan fingerprint density at radius 2 is 1.77 bits per heavy atom. The molecule has 5 nitrogen and oxygen atoms in total. The van der Waals surface area contributed by atoms with Crippen LogP contribution < -0.4 is 15.4 Å². The molecule has 6 heteroatoms. The lowest BCUT2D eigenvalue weighted by Gasteiger charge is -2.24. The van der Waals surface area contributed by atoms with Crippen molar-refractivity contribution in [3.8, 4) is 5.75 Å². The first-order valence-corrected chi connectivity index (χ1v) is 7.21. The zero-order valence-corrected chi connectivity index (χ0v) is 16.4. The van der Waals surface area contributed by atoms with Crippen LogP contribution in [0.2, 0.25) is 0 Å². The van der Waals surface area contributed by atoms with Crippen molar-refractivity contribution in [1.29, 1.82) is 0 Å². The van der Waals surface area contributed by atoms with E-state index in [1.165, 1.54) is 0 Å². The molecule has 0 saturated heterocycles. The molecular weight excluding hydrogens is 393 g/mol. The molecule has 0 aliphatic rings. The first kappa shape index (κ1) is 21.0. The highest BCUT2D eigenvalue weighted by atomic mass is 127. The fraction of sp³-hybridized carbons (Fsp3) is 0.562. The molecule has 1 aromatic rings. The van der Waals surface area contributed by atoms with Gasteiger partial charge in [0.2, 0.25) is 0 Å². The van der Waals surface area contributed by atoms with Gasteiger partial charge in [0, 0.05) is 20.2 Å². The Kier molecular flexibility index (Phi) is 10.2. The van der Waals surface area contributed by atoms with Gasteiger partial charge in [-0.3, -0.25) is 0 Å². The molecule has 0 aliphatic heterocycles. The maximum Gasteiger partial charge on any atom is 0.191 e. The second-order valence-corrected chi connectivity index (χ2v) is 5.36. The first-order chi connectivity index (χ1) is 10.0. The maximum atomic E-state index is 5.40. The van der Waals surface area contributed by atoms with E-state index in [0.717, 1.165) is 23.8 Å². The normalized spacial score (nSPS) is 11.6. The summed E-state index contributed by atoms with van der Waals surface area (Å²) in [5, 5.41) is 6.52.